The van der Waals surface area contributed by atoms with E-state index in [2.05, 4.69) is 57.8 Å². The fourth-order valence-electron chi connectivity index (χ4n) is 17.5. The Morgan fingerprint density at radius 2 is 1.10 bits per heavy atom. The molecule has 4 saturated heterocycles. The van der Waals surface area contributed by atoms with E-state index in [9.17, 15) is 58.2 Å². The summed E-state index contributed by atoms with van der Waals surface area (Å²) in [5, 5.41) is 47.7. The van der Waals surface area contributed by atoms with Gasteiger partial charge in [-0.05, 0) is 118 Å². The lowest BCUT2D eigenvalue weighted by Gasteiger charge is -2.36. The molecule has 0 spiro atoms. The van der Waals surface area contributed by atoms with E-state index in [0.717, 1.165) is 26.9 Å². The third-order valence-electron chi connectivity index (χ3n) is 25.2. The summed E-state index contributed by atoms with van der Waals surface area (Å²) in [6.45, 7) is 14.1. The van der Waals surface area contributed by atoms with Crippen LogP contribution in [-0.4, -0.2) is 325 Å². The quantitative estimate of drug-likeness (QED) is 0.0464. The zero-order valence-electron chi connectivity index (χ0n) is 78.4. The van der Waals surface area contributed by atoms with Gasteiger partial charge in [0, 0.05) is 132 Å². The Hall–Kier alpha value is -12.0. The van der Waals surface area contributed by atoms with Gasteiger partial charge in [-0.25, -0.2) is 0 Å². The summed E-state index contributed by atoms with van der Waals surface area (Å²) in [6, 6.07) is 3.39. The number of nitrogens with one attached hydrogen (secondary N) is 11. The molecule has 9 rings (SSSR count). The van der Waals surface area contributed by atoms with Crippen LogP contribution in [0.1, 0.15) is 162 Å². The number of piperazine rings is 1. The summed E-state index contributed by atoms with van der Waals surface area (Å²) < 4.78 is 0. The number of phenols is 1. The minimum atomic E-state index is -1.72. The van der Waals surface area contributed by atoms with Gasteiger partial charge < -0.3 is 108 Å². The van der Waals surface area contributed by atoms with Crippen LogP contribution in [0.5, 0.6) is 5.75 Å². The monoisotopic (exact) mass is 1870 g/mol. The standard InChI is InChI=1S/C94H135N19O19S/c1-13-16-27-74-88(126)103-68(39-54(4)5)87(125)106-73(85(123)99-50-82(120)111-37-35-107(9)36-38-111)52-133-53-81(119)101-70(41-57-30-32-61(114)33-31-57)90(128)108(10)56(8)83(121)104-72(46-79(95)117)92(130)112-34-22-29-75(112)89(127)102-65(15-3)86(124)105-69(40-55(6)7)93(131)113-51-62(115)45-77(113)78(116)44-58(42-59-47-96-66-25-20-18-23-63(59)66)84(122)98-49-80(118)100-71(43-60-48-97-67-26-21-19-24-64(60)67)91(129)110(12)76(28-17-14-2)94(132)109(74)11/h18-21,23-26,30-33,47-48,54-56,58,62,65,68-77,96-97,114-115H,13-17,22,27-29,34-46,49-53H2,1-12H3,(H2,95,117)(H,98,122)(H,99,123)(H,100,118)(H,101,119)(H,102,127)(H,103,126)(H,104,121)(H,105,124)(H,106,125)/t56-,58+,62+,65-,68-,69-,70-,71?,72-,73-,74-,75-,76-,77-/m0/s1. The maximum atomic E-state index is 15.6. The molecule has 4 aliphatic rings. The van der Waals surface area contributed by atoms with Crippen LogP contribution in [0.25, 0.3) is 21.8 Å². The number of aromatic amines is 2. The van der Waals surface area contributed by atoms with Crippen LogP contribution < -0.4 is 53.6 Å². The highest BCUT2D eigenvalue weighted by molar-refractivity contribution is 8.00. The van der Waals surface area contributed by atoms with Crippen LogP contribution in [0.3, 0.4) is 0 Å². The van der Waals surface area contributed by atoms with Crippen molar-refractivity contribution in [3.05, 3.63) is 102 Å². The van der Waals surface area contributed by atoms with Crippen molar-refractivity contribution in [2.45, 2.75) is 243 Å². The molecule has 0 bridgehead atoms. The normalized spacial score (nSPS) is 25.4. The molecule has 38 nitrogen and oxygen atoms in total. The molecule has 2 aromatic heterocycles. The number of para-hydroxylation sites is 2. The number of Topliss-reactive ketones (excluding diaryl/α,β-unsaturated/α-hetero) is 1. The van der Waals surface area contributed by atoms with Gasteiger partial charge in [-0.1, -0.05) is 123 Å². The fraction of sp³-hybridized carbons (Fsp3) is 0.585. The van der Waals surface area contributed by atoms with E-state index in [4.69, 9.17) is 5.73 Å². The van der Waals surface area contributed by atoms with Gasteiger partial charge >= 0.3 is 0 Å². The van der Waals surface area contributed by atoms with Crippen molar-refractivity contribution in [1.29, 1.82) is 0 Å². The number of thioether (sulfide) groups is 1. The number of aliphatic hydroxyl groups excluding tert-OH is 1. The number of ketones is 1. The van der Waals surface area contributed by atoms with Crippen LogP contribution >= 0.6 is 11.8 Å². The van der Waals surface area contributed by atoms with Gasteiger partial charge in [-0.2, -0.15) is 0 Å². The summed E-state index contributed by atoms with van der Waals surface area (Å²) in [6.07, 6.45) is 2.41. The van der Waals surface area contributed by atoms with Gasteiger partial charge in [0.1, 0.15) is 72.2 Å². The third-order valence-corrected chi connectivity index (χ3v) is 26.3. The van der Waals surface area contributed by atoms with E-state index in [1.54, 1.807) is 64.0 Å². The van der Waals surface area contributed by atoms with Crippen molar-refractivity contribution in [2.75, 3.05) is 92.1 Å². The largest absolute Gasteiger partial charge is 0.508 e. The second-order valence-corrected chi connectivity index (χ2v) is 37.3. The summed E-state index contributed by atoms with van der Waals surface area (Å²) >= 11 is 0.856. The highest BCUT2D eigenvalue weighted by Gasteiger charge is 2.46. The highest BCUT2D eigenvalue weighted by Crippen LogP contribution is 2.30. The minimum absolute atomic E-state index is 0.00255. The van der Waals surface area contributed by atoms with Gasteiger partial charge in [0.05, 0.1) is 37.4 Å². The molecule has 4 fully saturated rings. The Morgan fingerprint density at radius 1 is 0.549 bits per heavy atom. The summed E-state index contributed by atoms with van der Waals surface area (Å²) in [7, 11) is 6.01. The van der Waals surface area contributed by atoms with Gasteiger partial charge in [0.2, 0.25) is 94.5 Å². The number of aromatic nitrogens is 2. The highest BCUT2D eigenvalue weighted by atomic mass is 32.2. The molecule has 15 N–H and O–H groups in total. The van der Waals surface area contributed by atoms with Crippen molar-refractivity contribution in [1.82, 2.24) is 92.1 Å². The van der Waals surface area contributed by atoms with Gasteiger partial charge in [-0.3, -0.25) is 81.5 Å². The number of benzene rings is 3. The first-order valence-electron chi connectivity index (χ1n) is 46.3. The molecule has 39 heteroatoms. The number of fused-ring (bicyclic) bond motifs is 4. The number of primary amides is 1. The average Bonchev–Trinajstić information content (AvgIpc) is 1.72. The number of hydrogen-bond donors (Lipinski definition) is 14. The van der Waals surface area contributed by atoms with Crippen molar-refractivity contribution in [3.63, 3.8) is 0 Å². The SMILES string of the molecule is CCCC[C@H]1C(=O)N(C)[C@@H](CCCC)C(=O)N[C@@H](CC(C)C)C(=O)N[C@H](C(=O)NCC(=O)N2CCN(C)CC2)CSCC(=O)N[C@@H](Cc2ccc(O)cc2)C(=O)N(C)[C@@H](C)C(=O)N[C@@H](CC(N)=O)C(=O)N2CCC[C@H]2C(=O)N[C@@H](CC)C(=O)N[C@@H](CC(C)C)C(=O)N2C[C@H](O)C[C@H]2C(=O)C[C@@H](Cc2c[nH]c3ccccc23)C(=O)NCC(=O)NC(Cc2c[nH]c3ccccc23)C(=O)N1C. The van der Waals surface area contributed by atoms with E-state index in [1.807, 2.05) is 62.2 Å². The van der Waals surface area contributed by atoms with Crippen molar-refractivity contribution >= 4 is 134 Å². The van der Waals surface area contributed by atoms with E-state index in [0.29, 0.717) is 85.0 Å². The van der Waals surface area contributed by atoms with Crippen LogP contribution in [0, 0.1) is 17.8 Å². The topological polar surface area (TPSA) is 519 Å². The first-order valence-corrected chi connectivity index (χ1v) is 47.4. The second kappa shape index (κ2) is 49.7. The van der Waals surface area contributed by atoms with Crippen LogP contribution in [0.4, 0.5) is 0 Å². The molecule has 726 valence electrons. The number of rotatable bonds is 22. The number of nitrogens with zero attached hydrogens (tertiary/aromatic N) is 7. The molecule has 0 radical (unpaired) electrons. The number of nitrogens with two attached hydrogens (primary N) is 1. The van der Waals surface area contributed by atoms with E-state index in [-0.39, 0.29) is 107 Å². The Bertz CT molecular complexity index is 4960. The first kappa shape index (κ1) is 105. The Labute approximate surface area is 780 Å². The van der Waals surface area contributed by atoms with Crippen molar-refractivity contribution < 1.29 is 91.7 Å². The Morgan fingerprint density at radius 3 is 1.71 bits per heavy atom. The van der Waals surface area contributed by atoms with Gasteiger partial charge in [0.25, 0.3) is 0 Å². The molecule has 133 heavy (non-hydrogen) atoms. The number of carbonyl (C=O) groups excluding carboxylic acids is 17. The van der Waals surface area contributed by atoms with E-state index in [1.165, 1.54) is 67.0 Å². The van der Waals surface area contributed by atoms with Crippen molar-refractivity contribution in [2.24, 2.45) is 23.5 Å². The molecule has 6 heterocycles. The predicted molar refractivity (Wildman–Crippen MR) is 498 cm³/mol. The van der Waals surface area contributed by atoms with Crippen LogP contribution in [-0.2, 0) is 101 Å². The number of carbonyl (C=O) groups is 17. The molecule has 16 amide bonds. The molecule has 1 unspecified atom stereocenters. The molecule has 14 atom stereocenters. The minimum Gasteiger partial charge on any atom is -0.508 e. The lowest BCUT2D eigenvalue weighted by molar-refractivity contribution is -0.149. The maximum absolute atomic E-state index is 15.6. The number of amides is 16. The number of hydrogen-bond acceptors (Lipinski definition) is 21. The Balaban J connectivity index is 1.07. The van der Waals surface area contributed by atoms with E-state index >= 15 is 33.6 Å². The lowest BCUT2D eigenvalue weighted by atomic mass is 9.90. The average molecular weight is 1870 g/mol. The fourth-order valence-corrected chi connectivity index (χ4v) is 18.3. The summed E-state index contributed by atoms with van der Waals surface area (Å²) in [4.78, 5) is 267. The maximum Gasteiger partial charge on any atom is 0.246 e. The number of likely N-dealkylation sites (N-methyl/N-ethyl adjacent to an activating group) is 4. The molecule has 4 aliphatic heterocycles. The first-order chi connectivity index (χ1) is 63.3. The van der Waals surface area contributed by atoms with Crippen molar-refractivity contribution in [3.8, 4) is 5.75 Å². The lowest BCUT2D eigenvalue weighted by Crippen LogP contribution is -2.60. The van der Waals surface area contributed by atoms with Crippen LogP contribution in [0.15, 0.2) is 85.2 Å². The van der Waals surface area contributed by atoms with Crippen LogP contribution in [0.2, 0.25) is 0 Å². The molecule has 0 saturated carbocycles. The number of aliphatic hydroxyl groups is 1. The molecular formula is C94H135N19O19S. The predicted octanol–water partition coefficient (Wildman–Crippen LogP) is 1.32. The number of unbranched alkanes of at least 4 members (excludes halogenated alkanes) is 2. The van der Waals surface area contributed by atoms with E-state index < -0.39 is 217 Å². The number of phenolic OH excluding ortho intramolecular Hbond substituents is 1. The summed E-state index contributed by atoms with van der Waals surface area (Å²) in [5.74, 6) is -16.2. The molecular weight excluding hydrogens is 1730 g/mol. The zero-order valence-corrected chi connectivity index (χ0v) is 79.2. The summed E-state index contributed by atoms with van der Waals surface area (Å²) in [5.41, 5.74) is 8.81. The number of aromatic hydroxyl groups is 1. The smallest absolute Gasteiger partial charge is 0.246 e. The Kier molecular flexibility index (Phi) is 39.1. The van der Waals surface area contributed by atoms with Gasteiger partial charge in [0.15, 0.2) is 5.78 Å². The molecule has 3 aromatic carbocycles. The number of H-pyrrole nitrogens is 2. The molecule has 0 aliphatic carbocycles. The second-order valence-electron chi connectivity index (χ2n) is 36.3. The molecule has 5 aromatic rings. The zero-order chi connectivity index (χ0) is 97.2. The van der Waals surface area contributed by atoms with Gasteiger partial charge in [-0.15, -0.1) is 11.8 Å². The third kappa shape index (κ3) is 29.0.